The first-order valence-electron chi connectivity index (χ1n) is 5.07. The van der Waals surface area contributed by atoms with Crippen molar-refractivity contribution < 1.29 is 8.42 Å². The van der Waals surface area contributed by atoms with E-state index in [4.69, 9.17) is 5.73 Å². The van der Waals surface area contributed by atoms with Gasteiger partial charge in [0.1, 0.15) is 0 Å². The monoisotopic (exact) mass is 284 g/mol. The largest absolute Gasteiger partial charge is 0.374 e. The molecule has 0 saturated heterocycles. The zero-order valence-electron chi connectivity index (χ0n) is 9.84. The minimum Gasteiger partial charge on any atom is -0.374 e. The predicted molar refractivity (Wildman–Crippen MR) is 71.0 cm³/mol. The van der Waals surface area contributed by atoms with E-state index in [1.165, 1.54) is 0 Å². The van der Waals surface area contributed by atoms with Crippen LogP contribution >= 0.6 is 11.3 Å². The Kier molecular flexibility index (Phi) is 3.22. The third-order valence-corrected chi connectivity index (χ3v) is 4.77. The molecule has 18 heavy (non-hydrogen) atoms. The summed E-state index contributed by atoms with van der Waals surface area (Å²) in [6, 6.07) is 5.52. The summed E-state index contributed by atoms with van der Waals surface area (Å²) in [5.41, 5.74) is 7.71. The second kappa shape index (κ2) is 4.54. The maximum atomic E-state index is 12.0. The molecule has 0 spiro atoms. The summed E-state index contributed by atoms with van der Waals surface area (Å²) in [5, 5.41) is 7.14. The van der Waals surface area contributed by atoms with Crippen LogP contribution < -0.4 is 10.5 Å². The van der Waals surface area contributed by atoms with Crippen LogP contribution in [0.5, 0.6) is 0 Å². The lowest BCUT2D eigenvalue weighted by atomic mass is 10.1. The van der Waals surface area contributed by atoms with Gasteiger partial charge in [0.15, 0.2) is 0 Å². The topological polar surface area (TPSA) is 98.0 Å². The second-order valence-corrected chi connectivity index (χ2v) is 6.70. The third-order valence-electron chi connectivity index (χ3n) is 2.29. The Hall–Kier alpha value is -1.67. The molecule has 0 unspecified atom stereocenters. The molecule has 0 atom stereocenters. The van der Waals surface area contributed by atoms with Crippen LogP contribution in [0, 0.1) is 13.8 Å². The van der Waals surface area contributed by atoms with E-state index < -0.39 is 10.0 Å². The fourth-order valence-electron chi connectivity index (χ4n) is 1.36. The number of nitrogens with zero attached hydrogens (tertiary/aromatic N) is 2. The van der Waals surface area contributed by atoms with Crippen molar-refractivity contribution in [3.05, 3.63) is 29.3 Å². The number of nitrogens with one attached hydrogen (secondary N) is 1. The van der Waals surface area contributed by atoms with Crippen LogP contribution in [0.1, 0.15) is 11.1 Å². The van der Waals surface area contributed by atoms with Gasteiger partial charge in [-0.25, -0.2) is 0 Å². The van der Waals surface area contributed by atoms with Crippen molar-refractivity contribution in [1.82, 2.24) is 10.2 Å². The normalized spacial score (nSPS) is 11.4. The molecular formula is C10H12N4O2S2. The first kappa shape index (κ1) is 12.8. The molecule has 1 heterocycles. The first-order chi connectivity index (χ1) is 8.38. The fraction of sp³-hybridized carbons (Fsp3) is 0.200. The van der Waals surface area contributed by atoms with Gasteiger partial charge in [-0.15, -0.1) is 10.2 Å². The smallest absolute Gasteiger partial charge is 0.291 e. The highest BCUT2D eigenvalue weighted by molar-refractivity contribution is 7.94. The lowest BCUT2D eigenvalue weighted by Gasteiger charge is -2.09. The molecule has 1 aromatic carbocycles. The number of nitrogen functional groups attached to an aromatic ring is 1. The highest BCUT2D eigenvalue weighted by Gasteiger charge is 2.20. The average Bonchev–Trinajstić information content (AvgIpc) is 2.71. The van der Waals surface area contributed by atoms with Crippen molar-refractivity contribution in [2.24, 2.45) is 0 Å². The van der Waals surface area contributed by atoms with Crippen molar-refractivity contribution in [2.75, 3.05) is 10.5 Å². The van der Waals surface area contributed by atoms with Crippen LogP contribution in [0.3, 0.4) is 0 Å². The zero-order valence-corrected chi connectivity index (χ0v) is 11.5. The Morgan fingerprint density at radius 1 is 1.28 bits per heavy atom. The minimum atomic E-state index is -3.72. The van der Waals surface area contributed by atoms with E-state index >= 15 is 0 Å². The summed E-state index contributed by atoms with van der Waals surface area (Å²) in [4.78, 5) is 0. The SMILES string of the molecule is Cc1ccc(C)c(NS(=O)(=O)c2nnc(N)s2)c1. The standard InChI is InChI=1S/C10H12N4O2S2/c1-6-3-4-7(2)8(5-6)14-18(15,16)10-13-12-9(11)17-10/h3-5,14H,1-2H3,(H2,11,12). The summed E-state index contributed by atoms with van der Waals surface area (Å²) in [7, 11) is -3.72. The second-order valence-electron chi connectivity index (χ2n) is 3.83. The van der Waals surface area contributed by atoms with E-state index in [0.29, 0.717) is 5.69 Å². The van der Waals surface area contributed by atoms with E-state index in [1.807, 2.05) is 26.0 Å². The Morgan fingerprint density at radius 2 is 2.00 bits per heavy atom. The van der Waals surface area contributed by atoms with Gasteiger partial charge in [-0.2, -0.15) is 8.42 Å². The van der Waals surface area contributed by atoms with Crippen molar-refractivity contribution in [2.45, 2.75) is 18.2 Å². The number of aromatic nitrogens is 2. The Labute approximate surface area is 109 Å². The highest BCUT2D eigenvalue weighted by Crippen LogP contribution is 2.23. The summed E-state index contributed by atoms with van der Waals surface area (Å²) >= 11 is 0.829. The van der Waals surface area contributed by atoms with Crippen LogP contribution in [0.4, 0.5) is 10.8 Å². The molecule has 0 aliphatic heterocycles. The maximum Gasteiger partial charge on any atom is 0.291 e. The van der Waals surface area contributed by atoms with Crippen molar-refractivity contribution >= 4 is 32.2 Å². The Bertz CT molecular complexity index is 679. The molecule has 0 bridgehead atoms. The van der Waals surface area contributed by atoms with Gasteiger partial charge < -0.3 is 5.73 Å². The average molecular weight is 284 g/mol. The van der Waals surface area contributed by atoms with Gasteiger partial charge in [0.25, 0.3) is 14.4 Å². The minimum absolute atomic E-state index is 0.122. The van der Waals surface area contributed by atoms with Gasteiger partial charge in [-0.05, 0) is 31.0 Å². The van der Waals surface area contributed by atoms with Crippen LogP contribution in [0.25, 0.3) is 0 Å². The molecule has 0 aliphatic carbocycles. The number of rotatable bonds is 3. The van der Waals surface area contributed by atoms with Crippen LogP contribution in [0.15, 0.2) is 22.5 Å². The zero-order chi connectivity index (χ0) is 13.3. The fourth-order valence-corrected chi connectivity index (χ4v) is 3.27. The third kappa shape index (κ3) is 2.59. The number of hydrogen-bond donors (Lipinski definition) is 2. The molecule has 0 radical (unpaired) electrons. The number of benzene rings is 1. The van der Waals surface area contributed by atoms with Crippen molar-refractivity contribution in [1.29, 1.82) is 0 Å². The van der Waals surface area contributed by atoms with E-state index in [9.17, 15) is 8.42 Å². The van der Waals surface area contributed by atoms with Gasteiger partial charge in [0.2, 0.25) is 5.13 Å². The molecule has 0 aliphatic rings. The summed E-state index contributed by atoms with van der Waals surface area (Å²) < 4.78 is 26.4. The molecule has 0 fully saturated rings. The summed E-state index contributed by atoms with van der Waals surface area (Å²) in [6.45, 7) is 3.71. The first-order valence-corrected chi connectivity index (χ1v) is 7.37. The maximum absolute atomic E-state index is 12.0. The molecule has 8 heteroatoms. The Balaban J connectivity index is 2.36. The molecule has 6 nitrogen and oxygen atoms in total. The lowest BCUT2D eigenvalue weighted by molar-refractivity contribution is 0.599. The molecule has 1 aromatic heterocycles. The molecular weight excluding hydrogens is 272 g/mol. The molecule has 2 rings (SSSR count). The molecule has 2 aromatic rings. The predicted octanol–water partition coefficient (Wildman–Crippen LogP) is 1.54. The summed E-state index contributed by atoms with van der Waals surface area (Å²) in [6.07, 6.45) is 0. The Morgan fingerprint density at radius 3 is 2.61 bits per heavy atom. The molecule has 0 saturated carbocycles. The van der Waals surface area contributed by atoms with Crippen molar-refractivity contribution in [3.8, 4) is 0 Å². The molecule has 0 amide bonds. The number of nitrogens with two attached hydrogens (primary N) is 1. The number of sulfonamides is 1. The number of anilines is 2. The van der Waals surface area contributed by atoms with Gasteiger partial charge in [-0.1, -0.05) is 23.5 Å². The quantitative estimate of drug-likeness (QED) is 0.890. The van der Waals surface area contributed by atoms with Gasteiger partial charge in [0, 0.05) is 0 Å². The van der Waals surface area contributed by atoms with Gasteiger partial charge in [0.05, 0.1) is 5.69 Å². The van der Waals surface area contributed by atoms with Crippen LogP contribution in [-0.2, 0) is 10.0 Å². The van der Waals surface area contributed by atoms with Gasteiger partial charge >= 0.3 is 0 Å². The molecule has 3 N–H and O–H groups in total. The van der Waals surface area contributed by atoms with Crippen LogP contribution in [-0.4, -0.2) is 18.6 Å². The lowest BCUT2D eigenvalue weighted by Crippen LogP contribution is -2.13. The van der Waals surface area contributed by atoms with Crippen LogP contribution in [0.2, 0.25) is 0 Å². The molecule has 96 valence electrons. The van der Waals surface area contributed by atoms with E-state index in [-0.39, 0.29) is 9.47 Å². The van der Waals surface area contributed by atoms with Gasteiger partial charge in [-0.3, -0.25) is 4.72 Å². The van der Waals surface area contributed by atoms with E-state index in [0.717, 1.165) is 22.5 Å². The summed E-state index contributed by atoms with van der Waals surface area (Å²) in [5.74, 6) is 0. The van der Waals surface area contributed by atoms with E-state index in [1.54, 1.807) is 6.07 Å². The number of hydrogen-bond acceptors (Lipinski definition) is 6. The van der Waals surface area contributed by atoms with Crippen molar-refractivity contribution in [3.63, 3.8) is 0 Å². The highest BCUT2D eigenvalue weighted by atomic mass is 32.2. The van der Waals surface area contributed by atoms with E-state index in [2.05, 4.69) is 14.9 Å². The number of aryl methyl sites for hydroxylation is 2.